The molecule has 0 radical (unpaired) electrons. The first-order chi connectivity index (χ1) is 7.89. The van der Waals surface area contributed by atoms with Gasteiger partial charge in [-0.2, -0.15) is 0 Å². The Kier molecular flexibility index (Phi) is 3.65. The fourth-order valence-corrected chi connectivity index (χ4v) is 3.12. The highest BCUT2D eigenvalue weighted by atomic mass is 15.2. The van der Waals surface area contributed by atoms with Crippen molar-refractivity contribution in [3.05, 3.63) is 11.6 Å². The van der Waals surface area contributed by atoms with E-state index in [1.165, 1.54) is 38.9 Å². The molecule has 1 fully saturated rings. The van der Waals surface area contributed by atoms with Crippen LogP contribution in [0.3, 0.4) is 0 Å². The quantitative estimate of drug-likeness (QED) is 0.742. The molecular weight excluding hydrogens is 208 g/mol. The van der Waals surface area contributed by atoms with Crippen LogP contribution in [0, 0.1) is 5.41 Å². The molecule has 0 aliphatic carbocycles. The topological polar surface area (TPSA) is 15.3 Å². The molecule has 1 atom stereocenters. The molecule has 2 rings (SSSR count). The van der Waals surface area contributed by atoms with Crippen LogP contribution in [0.25, 0.3) is 0 Å². The molecule has 1 saturated heterocycles. The number of nitrogens with one attached hydrogen (secondary N) is 1. The molecule has 2 aliphatic heterocycles. The largest absolute Gasteiger partial charge is 0.310 e. The number of nitrogens with zero attached hydrogens (tertiary/aromatic N) is 1. The summed E-state index contributed by atoms with van der Waals surface area (Å²) in [6.45, 7) is 14.2. The fourth-order valence-electron chi connectivity index (χ4n) is 3.12. The second kappa shape index (κ2) is 4.74. The minimum atomic E-state index is 0.363. The summed E-state index contributed by atoms with van der Waals surface area (Å²) in [4.78, 5) is 2.60. The minimum Gasteiger partial charge on any atom is -0.310 e. The first kappa shape index (κ1) is 13.1. The Hall–Kier alpha value is -0.340. The molecular formula is C15H28N2. The molecule has 1 unspecified atom stereocenters. The molecule has 0 aromatic rings. The van der Waals surface area contributed by atoms with Crippen molar-refractivity contribution in [2.45, 2.75) is 52.5 Å². The highest BCUT2D eigenvalue weighted by molar-refractivity contribution is 5.15. The van der Waals surface area contributed by atoms with Gasteiger partial charge in [0.05, 0.1) is 0 Å². The summed E-state index contributed by atoms with van der Waals surface area (Å²) in [5.41, 5.74) is 2.37. The molecule has 0 aromatic carbocycles. The van der Waals surface area contributed by atoms with Crippen molar-refractivity contribution in [1.82, 2.24) is 10.2 Å². The van der Waals surface area contributed by atoms with Crippen molar-refractivity contribution in [2.24, 2.45) is 5.41 Å². The number of hydrogen-bond donors (Lipinski definition) is 1. The standard InChI is InChI=1S/C15H28N2/c1-14(2,3)13-6-10-17(11-7-13)12-15(4)8-5-9-16-15/h6,16H,5,7-12H2,1-4H3. The van der Waals surface area contributed by atoms with Crippen molar-refractivity contribution >= 4 is 0 Å². The van der Waals surface area contributed by atoms with Crippen LogP contribution in [0.1, 0.15) is 47.0 Å². The lowest BCUT2D eigenvalue weighted by molar-refractivity contribution is 0.209. The molecule has 0 spiro atoms. The van der Waals surface area contributed by atoms with Crippen molar-refractivity contribution < 1.29 is 0 Å². The van der Waals surface area contributed by atoms with Gasteiger partial charge in [0, 0.05) is 25.2 Å². The van der Waals surface area contributed by atoms with Crippen LogP contribution < -0.4 is 5.32 Å². The van der Waals surface area contributed by atoms with Crippen molar-refractivity contribution in [3.8, 4) is 0 Å². The van der Waals surface area contributed by atoms with Crippen molar-refractivity contribution in [3.63, 3.8) is 0 Å². The Bertz CT molecular complexity index is 293. The third-order valence-electron chi connectivity index (χ3n) is 4.29. The van der Waals surface area contributed by atoms with Crippen LogP contribution in [0.2, 0.25) is 0 Å². The van der Waals surface area contributed by atoms with Crippen LogP contribution in [-0.2, 0) is 0 Å². The molecule has 2 nitrogen and oxygen atoms in total. The van der Waals surface area contributed by atoms with E-state index in [0.29, 0.717) is 11.0 Å². The van der Waals surface area contributed by atoms with E-state index in [-0.39, 0.29) is 0 Å². The average molecular weight is 236 g/mol. The van der Waals surface area contributed by atoms with E-state index in [4.69, 9.17) is 0 Å². The molecule has 2 heteroatoms. The zero-order valence-corrected chi connectivity index (χ0v) is 12.0. The maximum Gasteiger partial charge on any atom is 0.0281 e. The van der Waals surface area contributed by atoms with Gasteiger partial charge in [-0.05, 0) is 38.1 Å². The van der Waals surface area contributed by atoms with E-state index >= 15 is 0 Å². The molecule has 17 heavy (non-hydrogen) atoms. The summed E-state index contributed by atoms with van der Waals surface area (Å²) in [6, 6.07) is 0. The molecule has 2 aliphatic rings. The van der Waals surface area contributed by atoms with Crippen LogP contribution in [-0.4, -0.2) is 36.6 Å². The Morgan fingerprint density at radius 1 is 1.41 bits per heavy atom. The Balaban J connectivity index is 1.89. The molecule has 98 valence electrons. The Morgan fingerprint density at radius 2 is 2.18 bits per heavy atom. The van der Waals surface area contributed by atoms with Gasteiger partial charge in [-0.15, -0.1) is 0 Å². The van der Waals surface area contributed by atoms with Crippen molar-refractivity contribution in [2.75, 3.05) is 26.2 Å². The van der Waals surface area contributed by atoms with E-state index in [1.807, 2.05) is 0 Å². The summed E-state index contributed by atoms with van der Waals surface area (Å²) >= 11 is 0. The zero-order chi connectivity index (χ0) is 12.5. The predicted octanol–water partition coefficient (Wildman–Crippen LogP) is 2.81. The van der Waals surface area contributed by atoms with Gasteiger partial charge in [-0.1, -0.05) is 32.4 Å². The lowest BCUT2D eigenvalue weighted by Gasteiger charge is -2.36. The number of hydrogen-bond acceptors (Lipinski definition) is 2. The van der Waals surface area contributed by atoms with Crippen LogP contribution in [0.15, 0.2) is 11.6 Å². The van der Waals surface area contributed by atoms with Crippen LogP contribution >= 0.6 is 0 Å². The minimum absolute atomic E-state index is 0.363. The third-order valence-corrected chi connectivity index (χ3v) is 4.29. The van der Waals surface area contributed by atoms with E-state index in [1.54, 1.807) is 5.57 Å². The lowest BCUT2D eigenvalue weighted by Crippen LogP contribution is -2.48. The summed E-state index contributed by atoms with van der Waals surface area (Å²) in [5, 5.41) is 3.66. The summed E-state index contributed by atoms with van der Waals surface area (Å²) in [5.74, 6) is 0. The molecule has 0 saturated carbocycles. The molecule has 2 heterocycles. The SMILES string of the molecule is CC1(CN2CC=C(C(C)(C)C)CC2)CCCN1. The third kappa shape index (κ3) is 3.32. The van der Waals surface area contributed by atoms with Gasteiger partial charge >= 0.3 is 0 Å². The first-order valence-electron chi connectivity index (χ1n) is 7.06. The van der Waals surface area contributed by atoms with Gasteiger partial charge < -0.3 is 5.32 Å². The highest BCUT2D eigenvalue weighted by Gasteiger charge is 2.31. The zero-order valence-electron chi connectivity index (χ0n) is 12.0. The first-order valence-corrected chi connectivity index (χ1v) is 7.06. The van der Waals surface area contributed by atoms with Gasteiger partial charge in [-0.3, -0.25) is 4.90 Å². The molecule has 0 amide bonds. The molecule has 0 aromatic heterocycles. The maximum atomic E-state index is 3.66. The van der Waals surface area contributed by atoms with Crippen LogP contribution in [0.5, 0.6) is 0 Å². The summed E-state index contributed by atoms with van der Waals surface area (Å²) < 4.78 is 0. The summed E-state index contributed by atoms with van der Waals surface area (Å²) in [7, 11) is 0. The Morgan fingerprint density at radius 3 is 2.65 bits per heavy atom. The van der Waals surface area contributed by atoms with E-state index in [2.05, 4.69) is 44.0 Å². The highest BCUT2D eigenvalue weighted by Crippen LogP contribution is 2.30. The molecule has 1 N–H and O–H groups in total. The Labute approximate surface area is 106 Å². The smallest absolute Gasteiger partial charge is 0.0281 e. The summed E-state index contributed by atoms with van der Waals surface area (Å²) in [6.07, 6.45) is 6.38. The maximum absolute atomic E-state index is 3.66. The van der Waals surface area contributed by atoms with E-state index in [9.17, 15) is 0 Å². The normalized spacial score (nSPS) is 31.6. The van der Waals surface area contributed by atoms with E-state index in [0.717, 1.165) is 6.54 Å². The monoisotopic (exact) mass is 236 g/mol. The average Bonchev–Trinajstić information content (AvgIpc) is 2.64. The number of rotatable bonds is 2. The van der Waals surface area contributed by atoms with Gasteiger partial charge in [-0.25, -0.2) is 0 Å². The van der Waals surface area contributed by atoms with Gasteiger partial charge in [0.15, 0.2) is 0 Å². The van der Waals surface area contributed by atoms with Gasteiger partial charge in [0.25, 0.3) is 0 Å². The second-order valence-electron chi connectivity index (χ2n) is 7.06. The second-order valence-corrected chi connectivity index (χ2v) is 7.06. The van der Waals surface area contributed by atoms with Crippen molar-refractivity contribution in [1.29, 1.82) is 0 Å². The lowest BCUT2D eigenvalue weighted by atomic mass is 9.82. The van der Waals surface area contributed by atoms with Crippen LogP contribution in [0.4, 0.5) is 0 Å². The van der Waals surface area contributed by atoms with Gasteiger partial charge in [0.2, 0.25) is 0 Å². The fraction of sp³-hybridized carbons (Fsp3) is 0.867. The van der Waals surface area contributed by atoms with Gasteiger partial charge in [0.1, 0.15) is 0 Å². The molecule has 0 bridgehead atoms. The van der Waals surface area contributed by atoms with E-state index < -0.39 is 0 Å². The predicted molar refractivity (Wildman–Crippen MR) is 74.2 cm³/mol.